The summed E-state index contributed by atoms with van der Waals surface area (Å²) in [5, 5.41) is 3.04. The van der Waals surface area contributed by atoms with Gasteiger partial charge in [-0.05, 0) is 74.6 Å². The maximum absolute atomic E-state index is 12.5. The summed E-state index contributed by atoms with van der Waals surface area (Å²) in [5.74, 6) is 2.08. The van der Waals surface area contributed by atoms with Gasteiger partial charge in [-0.3, -0.25) is 4.79 Å². The molecule has 29 heavy (non-hydrogen) atoms. The Hall–Kier alpha value is -2.69. The lowest BCUT2D eigenvalue weighted by atomic mass is 9.98. The topological polar surface area (TPSA) is 50.8 Å². The van der Waals surface area contributed by atoms with Crippen LogP contribution in [-0.4, -0.2) is 32.2 Å². The third kappa shape index (κ3) is 5.66. The van der Waals surface area contributed by atoms with E-state index in [0.29, 0.717) is 5.75 Å². The summed E-state index contributed by atoms with van der Waals surface area (Å²) in [6.07, 6.45) is 1.92. The Labute approximate surface area is 174 Å². The summed E-state index contributed by atoms with van der Waals surface area (Å²) in [6, 6.07) is 15.7. The number of amides is 1. The number of anilines is 1. The molecule has 1 aliphatic heterocycles. The Bertz CT molecular complexity index is 781. The van der Waals surface area contributed by atoms with E-state index in [4.69, 9.17) is 9.47 Å². The number of piperidine rings is 1. The number of ether oxygens (including phenoxy) is 2. The van der Waals surface area contributed by atoms with Gasteiger partial charge in [-0.2, -0.15) is 0 Å². The van der Waals surface area contributed by atoms with Crippen molar-refractivity contribution in [2.75, 3.05) is 25.1 Å². The number of hydrogen-bond acceptors (Lipinski definition) is 4. The number of benzene rings is 2. The van der Waals surface area contributed by atoms with Gasteiger partial charge in [-0.1, -0.05) is 19.1 Å². The average molecular weight is 397 g/mol. The molecule has 0 aromatic heterocycles. The number of carbonyl (C=O) groups excluding carboxylic acids is 1. The van der Waals surface area contributed by atoms with Crippen molar-refractivity contribution in [2.45, 2.75) is 45.8 Å². The van der Waals surface area contributed by atoms with E-state index in [1.54, 1.807) is 26.2 Å². The fourth-order valence-electron chi connectivity index (χ4n) is 3.57. The summed E-state index contributed by atoms with van der Waals surface area (Å²) < 4.78 is 10.9. The highest BCUT2D eigenvalue weighted by Gasteiger charge is 2.19. The van der Waals surface area contributed by atoms with Crippen molar-refractivity contribution in [2.24, 2.45) is 5.92 Å². The zero-order valence-corrected chi connectivity index (χ0v) is 17.9. The Morgan fingerprint density at radius 1 is 1.00 bits per heavy atom. The van der Waals surface area contributed by atoms with E-state index in [9.17, 15) is 4.79 Å². The van der Waals surface area contributed by atoms with Crippen molar-refractivity contribution >= 4 is 11.6 Å². The zero-order chi connectivity index (χ0) is 20.8. The lowest BCUT2D eigenvalue weighted by molar-refractivity contribution is -0.127. The van der Waals surface area contributed by atoms with Gasteiger partial charge in [-0.25, -0.2) is 0 Å². The first-order valence-corrected chi connectivity index (χ1v) is 10.4. The molecule has 3 rings (SSSR count). The minimum Gasteiger partial charge on any atom is -0.497 e. The van der Waals surface area contributed by atoms with Crippen LogP contribution in [0.2, 0.25) is 0 Å². The lowest BCUT2D eigenvalue weighted by Crippen LogP contribution is -2.37. The predicted octanol–water partition coefficient (Wildman–Crippen LogP) is 4.58. The quantitative estimate of drug-likeness (QED) is 0.744. The molecule has 1 aliphatic rings. The molecule has 1 fully saturated rings. The number of hydrogen-bond donors (Lipinski definition) is 1. The highest BCUT2D eigenvalue weighted by Crippen LogP contribution is 2.25. The molecular weight excluding hydrogens is 364 g/mol. The molecule has 0 spiro atoms. The lowest BCUT2D eigenvalue weighted by Gasteiger charge is -2.32. The van der Waals surface area contributed by atoms with E-state index in [-0.39, 0.29) is 11.9 Å². The van der Waals surface area contributed by atoms with Gasteiger partial charge in [0.25, 0.3) is 5.91 Å². The molecule has 0 radical (unpaired) electrons. The number of carbonyl (C=O) groups is 1. The minimum atomic E-state index is -0.583. The standard InChI is InChI=1S/C24H32N2O3/c1-17-13-15-26(16-14-17)21-7-5-20(6-8-21)18(2)25-24(27)19(3)29-23-11-9-22(28-4)10-12-23/h5-12,17-19H,13-16H2,1-4H3,(H,25,27)/t18-,19-/m0/s1. The maximum atomic E-state index is 12.5. The molecule has 0 saturated carbocycles. The van der Waals surface area contributed by atoms with E-state index >= 15 is 0 Å². The smallest absolute Gasteiger partial charge is 0.261 e. The molecule has 1 saturated heterocycles. The van der Waals surface area contributed by atoms with Crippen molar-refractivity contribution in [3.8, 4) is 11.5 Å². The van der Waals surface area contributed by atoms with Gasteiger partial charge in [0.2, 0.25) is 0 Å². The van der Waals surface area contributed by atoms with Gasteiger partial charge in [0, 0.05) is 18.8 Å². The fraction of sp³-hybridized carbons (Fsp3) is 0.458. The van der Waals surface area contributed by atoms with Crippen LogP contribution in [0.3, 0.4) is 0 Å². The van der Waals surface area contributed by atoms with E-state index < -0.39 is 6.10 Å². The third-order valence-corrected chi connectivity index (χ3v) is 5.64. The second-order valence-corrected chi connectivity index (χ2v) is 7.93. The van der Waals surface area contributed by atoms with Crippen LogP contribution < -0.4 is 19.7 Å². The van der Waals surface area contributed by atoms with E-state index in [0.717, 1.165) is 30.3 Å². The molecule has 1 amide bonds. The SMILES string of the molecule is COc1ccc(O[C@@H](C)C(=O)N[C@@H](C)c2ccc(N3CCC(C)CC3)cc2)cc1. The van der Waals surface area contributed by atoms with Crippen LogP contribution in [0.1, 0.15) is 45.2 Å². The normalized spacial score (nSPS) is 16.8. The Morgan fingerprint density at radius 3 is 2.17 bits per heavy atom. The number of nitrogens with one attached hydrogen (secondary N) is 1. The van der Waals surface area contributed by atoms with E-state index in [2.05, 4.69) is 41.4 Å². The molecular formula is C24H32N2O3. The molecule has 2 aromatic rings. The second-order valence-electron chi connectivity index (χ2n) is 7.93. The van der Waals surface area contributed by atoms with Crippen molar-refractivity contribution in [3.63, 3.8) is 0 Å². The van der Waals surface area contributed by atoms with Crippen LogP contribution in [0.25, 0.3) is 0 Å². The minimum absolute atomic E-state index is 0.0835. The third-order valence-electron chi connectivity index (χ3n) is 5.64. The number of rotatable bonds is 7. The van der Waals surface area contributed by atoms with Crippen LogP contribution in [0.4, 0.5) is 5.69 Å². The molecule has 5 heteroatoms. The molecule has 0 unspecified atom stereocenters. The first-order chi connectivity index (χ1) is 14.0. The van der Waals surface area contributed by atoms with Crippen molar-refractivity contribution < 1.29 is 14.3 Å². The summed E-state index contributed by atoms with van der Waals surface area (Å²) >= 11 is 0. The fourth-order valence-corrected chi connectivity index (χ4v) is 3.57. The maximum Gasteiger partial charge on any atom is 0.261 e. The molecule has 2 aromatic carbocycles. The largest absolute Gasteiger partial charge is 0.497 e. The summed E-state index contributed by atoms with van der Waals surface area (Å²) in [5.41, 5.74) is 2.35. The van der Waals surface area contributed by atoms with Gasteiger partial charge in [0.05, 0.1) is 13.2 Å². The number of methoxy groups -OCH3 is 1. The Balaban J connectivity index is 1.53. The van der Waals surface area contributed by atoms with Crippen molar-refractivity contribution in [1.82, 2.24) is 5.32 Å². The highest BCUT2D eigenvalue weighted by atomic mass is 16.5. The molecule has 1 heterocycles. The first kappa shape index (κ1) is 21.0. The molecule has 5 nitrogen and oxygen atoms in total. The highest BCUT2D eigenvalue weighted by molar-refractivity contribution is 5.81. The second kappa shape index (κ2) is 9.68. The molecule has 1 N–H and O–H groups in total. The summed E-state index contributed by atoms with van der Waals surface area (Å²) in [6.45, 7) is 8.31. The molecule has 2 atom stereocenters. The van der Waals surface area contributed by atoms with Gasteiger partial charge in [0.1, 0.15) is 11.5 Å². The first-order valence-electron chi connectivity index (χ1n) is 10.4. The molecule has 0 bridgehead atoms. The van der Waals surface area contributed by atoms with Gasteiger partial charge in [-0.15, -0.1) is 0 Å². The Morgan fingerprint density at radius 2 is 1.59 bits per heavy atom. The van der Waals surface area contributed by atoms with Crippen LogP contribution in [0.5, 0.6) is 11.5 Å². The van der Waals surface area contributed by atoms with Crippen molar-refractivity contribution in [1.29, 1.82) is 0 Å². The summed E-state index contributed by atoms with van der Waals surface area (Å²) in [4.78, 5) is 15.0. The number of nitrogens with zero attached hydrogens (tertiary/aromatic N) is 1. The monoisotopic (exact) mass is 396 g/mol. The van der Waals surface area contributed by atoms with Crippen LogP contribution in [0, 0.1) is 5.92 Å². The van der Waals surface area contributed by atoms with Crippen molar-refractivity contribution in [3.05, 3.63) is 54.1 Å². The molecule has 156 valence electrons. The van der Waals surface area contributed by atoms with Gasteiger partial charge in [0.15, 0.2) is 6.10 Å². The van der Waals surface area contributed by atoms with Crippen LogP contribution in [0.15, 0.2) is 48.5 Å². The van der Waals surface area contributed by atoms with E-state index in [1.165, 1.54) is 18.5 Å². The zero-order valence-electron chi connectivity index (χ0n) is 17.9. The van der Waals surface area contributed by atoms with Gasteiger partial charge >= 0.3 is 0 Å². The van der Waals surface area contributed by atoms with Crippen LogP contribution in [-0.2, 0) is 4.79 Å². The molecule has 0 aliphatic carbocycles. The van der Waals surface area contributed by atoms with Gasteiger partial charge < -0.3 is 19.7 Å². The average Bonchev–Trinajstić information content (AvgIpc) is 2.75. The predicted molar refractivity (Wildman–Crippen MR) is 117 cm³/mol. The van der Waals surface area contributed by atoms with E-state index in [1.807, 2.05) is 19.1 Å². The van der Waals surface area contributed by atoms with Crippen LogP contribution >= 0.6 is 0 Å². The Kier molecular flexibility index (Phi) is 7.02. The summed E-state index contributed by atoms with van der Waals surface area (Å²) in [7, 11) is 1.62.